The summed E-state index contributed by atoms with van der Waals surface area (Å²) in [6.07, 6.45) is 8.95. The van der Waals surface area contributed by atoms with Gasteiger partial charge in [0.2, 0.25) is 5.91 Å². The molecule has 1 fully saturated rings. The number of aromatic nitrogens is 2. The first-order valence-electron chi connectivity index (χ1n) is 10.4. The van der Waals surface area contributed by atoms with Gasteiger partial charge in [0, 0.05) is 23.2 Å². The predicted octanol–water partition coefficient (Wildman–Crippen LogP) is 4.58. The Kier molecular flexibility index (Phi) is 6.23. The van der Waals surface area contributed by atoms with Crippen molar-refractivity contribution in [2.24, 2.45) is 11.0 Å². The van der Waals surface area contributed by atoms with Crippen LogP contribution in [0.15, 0.2) is 65.9 Å². The second-order valence-electron chi connectivity index (χ2n) is 7.51. The minimum absolute atomic E-state index is 0.00685. The number of methoxy groups -OCH3 is 1. The van der Waals surface area contributed by atoms with E-state index in [1.54, 1.807) is 13.3 Å². The maximum absolute atomic E-state index is 12.4. The van der Waals surface area contributed by atoms with E-state index in [0.29, 0.717) is 0 Å². The van der Waals surface area contributed by atoms with Gasteiger partial charge >= 0.3 is 0 Å². The molecule has 0 aliphatic heterocycles. The first-order valence-corrected chi connectivity index (χ1v) is 10.4. The van der Waals surface area contributed by atoms with Crippen molar-refractivity contribution in [3.63, 3.8) is 0 Å². The molecule has 0 bridgehead atoms. The summed E-state index contributed by atoms with van der Waals surface area (Å²) in [6.45, 7) is 0. The average molecular weight is 402 g/mol. The fraction of sp³-hybridized carbons (Fsp3) is 0.292. The number of hydrazone groups is 1. The first kappa shape index (κ1) is 19.9. The van der Waals surface area contributed by atoms with E-state index in [-0.39, 0.29) is 11.8 Å². The summed E-state index contributed by atoms with van der Waals surface area (Å²) in [5.41, 5.74) is 6.24. The average Bonchev–Trinajstić information content (AvgIpc) is 3.24. The Morgan fingerprint density at radius 3 is 2.53 bits per heavy atom. The van der Waals surface area contributed by atoms with Gasteiger partial charge in [0.1, 0.15) is 11.4 Å². The van der Waals surface area contributed by atoms with Gasteiger partial charge in [0.05, 0.1) is 19.0 Å². The van der Waals surface area contributed by atoms with E-state index in [4.69, 9.17) is 9.84 Å². The van der Waals surface area contributed by atoms with E-state index >= 15 is 0 Å². The van der Waals surface area contributed by atoms with E-state index in [1.165, 1.54) is 6.42 Å². The highest BCUT2D eigenvalue weighted by Crippen LogP contribution is 2.25. The van der Waals surface area contributed by atoms with Gasteiger partial charge in [-0.05, 0) is 49.2 Å². The molecule has 30 heavy (non-hydrogen) atoms. The Bertz CT molecular complexity index is 1000. The van der Waals surface area contributed by atoms with E-state index in [2.05, 4.69) is 10.5 Å². The second-order valence-corrected chi connectivity index (χ2v) is 7.51. The van der Waals surface area contributed by atoms with Crippen molar-refractivity contribution in [1.82, 2.24) is 15.2 Å². The highest BCUT2D eigenvalue weighted by atomic mass is 16.5. The van der Waals surface area contributed by atoms with Crippen molar-refractivity contribution in [3.8, 4) is 22.7 Å². The number of rotatable bonds is 6. The highest BCUT2D eigenvalue weighted by Gasteiger charge is 2.20. The van der Waals surface area contributed by atoms with Crippen molar-refractivity contribution in [2.75, 3.05) is 7.11 Å². The van der Waals surface area contributed by atoms with Crippen LogP contribution >= 0.6 is 0 Å². The van der Waals surface area contributed by atoms with E-state index in [1.807, 2.05) is 65.5 Å². The third-order valence-electron chi connectivity index (χ3n) is 5.48. The van der Waals surface area contributed by atoms with Crippen LogP contribution in [-0.2, 0) is 4.79 Å². The van der Waals surface area contributed by atoms with Gasteiger partial charge in [-0.1, -0.05) is 37.5 Å². The molecule has 1 heterocycles. The normalized spacial score (nSPS) is 14.7. The third kappa shape index (κ3) is 4.59. The third-order valence-corrected chi connectivity index (χ3v) is 5.48. The Labute approximate surface area is 176 Å². The summed E-state index contributed by atoms with van der Waals surface area (Å²) >= 11 is 0. The summed E-state index contributed by atoms with van der Waals surface area (Å²) in [4.78, 5) is 12.4. The standard InChI is InChI=1S/C24H26N4O2/c1-30-22-14-12-18(13-15-22)23-20(17-28(27-23)21-10-6-3-7-11-21)16-25-26-24(29)19-8-4-2-5-9-19/h3,6-7,10-17,19H,2,4-5,8-9H2,1H3,(H,26,29)/b25-16-. The van der Waals surface area contributed by atoms with E-state index in [0.717, 1.165) is 53.9 Å². The zero-order valence-corrected chi connectivity index (χ0v) is 17.1. The van der Waals surface area contributed by atoms with Crippen molar-refractivity contribution in [2.45, 2.75) is 32.1 Å². The van der Waals surface area contributed by atoms with Gasteiger partial charge in [0.15, 0.2) is 0 Å². The molecule has 1 N–H and O–H groups in total. The van der Waals surface area contributed by atoms with Gasteiger partial charge in [-0.3, -0.25) is 4.79 Å². The largest absolute Gasteiger partial charge is 0.497 e. The SMILES string of the molecule is COc1ccc(-c2nn(-c3ccccc3)cc2/C=N\NC(=O)C2CCCCC2)cc1. The zero-order valence-electron chi connectivity index (χ0n) is 17.1. The second kappa shape index (κ2) is 9.39. The monoisotopic (exact) mass is 402 g/mol. The maximum Gasteiger partial charge on any atom is 0.243 e. The molecular weight excluding hydrogens is 376 g/mol. The number of benzene rings is 2. The summed E-state index contributed by atoms with van der Waals surface area (Å²) in [7, 11) is 1.65. The van der Waals surface area contributed by atoms with Crippen LogP contribution in [0, 0.1) is 5.92 Å². The molecule has 4 rings (SSSR count). The van der Waals surface area contributed by atoms with Crippen LogP contribution in [-0.4, -0.2) is 29.0 Å². The molecule has 0 spiro atoms. The number of para-hydroxylation sites is 1. The summed E-state index contributed by atoms with van der Waals surface area (Å²) < 4.78 is 7.08. The van der Waals surface area contributed by atoms with Crippen LogP contribution < -0.4 is 10.2 Å². The van der Waals surface area contributed by atoms with Gasteiger partial charge in [-0.25, -0.2) is 10.1 Å². The number of carbonyl (C=O) groups is 1. The molecule has 0 saturated heterocycles. The molecule has 154 valence electrons. The molecule has 0 radical (unpaired) electrons. The quantitative estimate of drug-likeness (QED) is 0.485. The number of ether oxygens (including phenoxy) is 1. The van der Waals surface area contributed by atoms with Gasteiger partial charge in [-0.15, -0.1) is 0 Å². The number of nitrogens with zero attached hydrogens (tertiary/aromatic N) is 3. The molecule has 1 saturated carbocycles. The number of hydrogen-bond acceptors (Lipinski definition) is 4. The summed E-state index contributed by atoms with van der Waals surface area (Å²) in [5, 5.41) is 9.01. The van der Waals surface area contributed by atoms with Gasteiger partial charge in [-0.2, -0.15) is 10.2 Å². The topological polar surface area (TPSA) is 68.5 Å². The molecule has 1 aromatic heterocycles. The minimum Gasteiger partial charge on any atom is -0.497 e. The lowest BCUT2D eigenvalue weighted by molar-refractivity contribution is -0.125. The van der Waals surface area contributed by atoms with Crippen LogP contribution in [0.4, 0.5) is 0 Å². The van der Waals surface area contributed by atoms with Crippen LogP contribution in [0.3, 0.4) is 0 Å². The first-order chi connectivity index (χ1) is 14.7. The molecule has 2 aromatic carbocycles. The molecule has 6 heteroatoms. The summed E-state index contributed by atoms with van der Waals surface area (Å²) in [5.74, 6) is 0.868. The number of amides is 1. The van der Waals surface area contributed by atoms with Crippen LogP contribution in [0.5, 0.6) is 5.75 Å². The molecule has 1 aliphatic carbocycles. The van der Waals surface area contributed by atoms with Crippen molar-refractivity contribution in [1.29, 1.82) is 0 Å². The highest BCUT2D eigenvalue weighted by molar-refractivity contribution is 5.90. The van der Waals surface area contributed by atoms with E-state index in [9.17, 15) is 4.79 Å². The molecule has 3 aromatic rings. The lowest BCUT2D eigenvalue weighted by Crippen LogP contribution is -2.28. The van der Waals surface area contributed by atoms with Crippen molar-refractivity contribution >= 4 is 12.1 Å². The Hall–Kier alpha value is -3.41. The number of carbonyl (C=O) groups excluding carboxylic acids is 1. The number of nitrogens with one attached hydrogen (secondary N) is 1. The van der Waals surface area contributed by atoms with Crippen molar-refractivity contribution < 1.29 is 9.53 Å². The minimum atomic E-state index is 0.00685. The van der Waals surface area contributed by atoms with Crippen LogP contribution in [0.25, 0.3) is 16.9 Å². The Balaban J connectivity index is 1.59. The van der Waals surface area contributed by atoms with Gasteiger partial charge < -0.3 is 4.74 Å². The Morgan fingerprint density at radius 2 is 1.83 bits per heavy atom. The van der Waals surface area contributed by atoms with Gasteiger partial charge in [0.25, 0.3) is 0 Å². The van der Waals surface area contributed by atoms with Crippen LogP contribution in [0.1, 0.15) is 37.7 Å². The fourth-order valence-corrected chi connectivity index (χ4v) is 3.79. The number of hydrogen-bond donors (Lipinski definition) is 1. The molecular formula is C24H26N4O2. The molecule has 0 atom stereocenters. The molecule has 1 aliphatic rings. The lowest BCUT2D eigenvalue weighted by Gasteiger charge is -2.19. The molecule has 1 amide bonds. The Morgan fingerprint density at radius 1 is 1.10 bits per heavy atom. The smallest absolute Gasteiger partial charge is 0.243 e. The fourth-order valence-electron chi connectivity index (χ4n) is 3.79. The maximum atomic E-state index is 12.4. The summed E-state index contributed by atoms with van der Waals surface area (Å²) in [6, 6.07) is 17.7. The van der Waals surface area contributed by atoms with Crippen LogP contribution in [0.2, 0.25) is 0 Å². The predicted molar refractivity (Wildman–Crippen MR) is 118 cm³/mol. The molecule has 6 nitrogen and oxygen atoms in total. The zero-order chi connectivity index (χ0) is 20.8. The lowest BCUT2D eigenvalue weighted by atomic mass is 9.89. The van der Waals surface area contributed by atoms with E-state index < -0.39 is 0 Å². The van der Waals surface area contributed by atoms with Crippen molar-refractivity contribution in [3.05, 3.63) is 66.4 Å². The molecule has 0 unspecified atom stereocenters.